The highest BCUT2D eigenvalue weighted by atomic mass is 32.1. The fourth-order valence-electron chi connectivity index (χ4n) is 16.8. The molecule has 0 aliphatic rings. The highest BCUT2D eigenvalue weighted by Crippen LogP contribution is 2.51. The van der Waals surface area contributed by atoms with Crippen molar-refractivity contribution in [3.8, 4) is 44.8 Å². The van der Waals surface area contributed by atoms with Crippen molar-refractivity contribution in [3.05, 3.63) is 346 Å². The van der Waals surface area contributed by atoms with Gasteiger partial charge in [0.25, 0.3) is 0 Å². The quantitative estimate of drug-likeness (QED) is 0.139. The minimum Gasteiger partial charge on any atom is -0.454 e. The van der Waals surface area contributed by atoms with Crippen LogP contribution in [0.25, 0.3) is 185 Å². The van der Waals surface area contributed by atoms with Crippen LogP contribution in [0.1, 0.15) is 0 Å². The first-order valence-corrected chi connectivity index (χ1v) is 35.9. The van der Waals surface area contributed by atoms with Gasteiger partial charge in [-0.25, -0.2) is 0 Å². The summed E-state index contributed by atoms with van der Waals surface area (Å²) in [5.41, 5.74) is 22.3. The van der Waals surface area contributed by atoms with Crippen molar-refractivity contribution in [3.63, 3.8) is 0 Å². The minimum absolute atomic E-state index is 0.816. The number of anilines is 5. The number of para-hydroxylation sites is 7. The van der Waals surface area contributed by atoms with E-state index in [1.54, 1.807) is 0 Å². The summed E-state index contributed by atoms with van der Waals surface area (Å²) in [6.45, 7) is 0. The highest BCUT2D eigenvalue weighted by Gasteiger charge is 2.26. The molecule has 0 atom stereocenters. The van der Waals surface area contributed by atoms with Crippen LogP contribution in [0, 0.1) is 0 Å². The average Bonchev–Trinajstić information content (AvgIpc) is 1.70. The third-order valence-corrected chi connectivity index (χ3v) is 22.7. The monoisotopic (exact) mass is 1330 g/mol. The summed E-state index contributed by atoms with van der Waals surface area (Å²) in [6, 6.07) is 126. The molecule has 5 aromatic heterocycles. The molecule has 7 heteroatoms. The van der Waals surface area contributed by atoms with Crippen LogP contribution in [0.4, 0.5) is 28.4 Å². The van der Waals surface area contributed by atoms with Crippen LogP contribution in [-0.4, -0.2) is 9.13 Å². The number of thiophene rings is 1. The van der Waals surface area contributed by atoms with Crippen molar-refractivity contribution >= 4 is 180 Å². The average molecular weight is 1330 g/mol. The molecule has 0 bridgehead atoms. The first-order valence-electron chi connectivity index (χ1n) is 35.1. The van der Waals surface area contributed by atoms with Gasteiger partial charge in [-0.3, -0.25) is 0 Å². The smallest absolute Gasteiger partial charge is 0.159 e. The third-order valence-electron chi connectivity index (χ3n) is 21.5. The molecule has 22 rings (SSSR count). The molecule has 0 fully saturated rings. The molecule has 0 saturated heterocycles. The van der Waals surface area contributed by atoms with Gasteiger partial charge in [-0.2, -0.15) is 0 Å². The lowest BCUT2D eigenvalue weighted by Gasteiger charge is -2.26. The Morgan fingerprint density at radius 2 is 0.757 bits per heavy atom. The second kappa shape index (κ2) is 22.5. The Morgan fingerprint density at radius 3 is 1.43 bits per heavy atom. The first-order chi connectivity index (χ1) is 51.1. The summed E-state index contributed by atoms with van der Waals surface area (Å²) in [4.78, 5) is 2.42. The van der Waals surface area contributed by atoms with E-state index in [1.807, 2.05) is 11.3 Å². The number of hydrogen-bond donors (Lipinski definition) is 1. The molecule has 103 heavy (non-hydrogen) atoms. The molecular formula is C96H58N4O2S. The molecule has 1 N–H and O–H groups in total. The zero-order valence-electron chi connectivity index (χ0n) is 55.5. The molecule has 5 heterocycles. The second-order valence-corrected chi connectivity index (χ2v) is 28.1. The van der Waals surface area contributed by atoms with E-state index in [2.05, 4.69) is 365 Å². The maximum atomic E-state index is 6.92. The van der Waals surface area contributed by atoms with Crippen LogP contribution in [0.5, 0.6) is 0 Å². The fourth-order valence-corrected chi connectivity index (χ4v) is 18.0. The molecule has 0 spiro atoms. The van der Waals surface area contributed by atoms with E-state index < -0.39 is 0 Å². The summed E-state index contributed by atoms with van der Waals surface area (Å²) >= 11 is 1.86. The van der Waals surface area contributed by atoms with Crippen LogP contribution in [0.3, 0.4) is 0 Å². The van der Waals surface area contributed by atoms with Crippen LogP contribution < -0.4 is 10.2 Å². The summed E-state index contributed by atoms with van der Waals surface area (Å²) in [5.74, 6) is 0. The fraction of sp³-hybridized carbons (Fsp3) is 0. The summed E-state index contributed by atoms with van der Waals surface area (Å²) < 4.78 is 21.0. The van der Waals surface area contributed by atoms with Gasteiger partial charge in [0, 0.05) is 81.3 Å². The number of hydrogen-bond acceptors (Lipinski definition) is 5. The predicted octanol–water partition coefficient (Wildman–Crippen LogP) is 27.7. The van der Waals surface area contributed by atoms with E-state index >= 15 is 0 Å². The zero-order valence-corrected chi connectivity index (χ0v) is 56.3. The van der Waals surface area contributed by atoms with Crippen molar-refractivity contribution in [1.82, 2.24) is 9.13 Å². The number of rotatable bonds is 10. The van der Waals surface area contributed by atoms with E-state index in [9.17, 15) is 0 Å². The zero-order chi connectivity index (χ0) is 67.4. The van der Waals surface area contributed by atoms with Crippen molar-refractivity contribution in [1.29, 1.82) is 0 Å². The Labute approximate surface area is 594 Å². The van der Waals surface area contributed by atoms with Crippen molar-refractivity contribution in [2.24, 2.45) is 0 Å². The van der Waals surface area contributed by atoms with Gasteiger partial charge in [0.15, 0.2) is 11.2 Å². The molecule has 0 aliphatic carbocycles. The van der Waals surface area contributed by atoms with Crippen LogP contribution in [-0.2, 0) is 0 Å². The van der Waals surface area contributed by atoms with E-state index in [4.69, 9.17) is 8.83 Å². The van der Waals surface area contributed by atoms with E-state index in [-0.39, 0.29) is 0 Å². The molecule has 17 aromatic carbocycles. The van der Waals surface area contributed by atoms with Gasteiger partial charge in [-0.15, -0.1) is 11.3 Å². The molecule has 0 radical (unpaired) electrons. The van der Waals surface area contributed by atoms with Crippen molar-refractivity contribution in [2.75, 3.05) is 10.2 Å². The lowest BCUT2D eigenvalue weighted by Crippen LogP contribution is -2.10. The van der Waals surface area contributed by atoms with Gasteiger partial charge in [0.2, 0.25) is 0 Å². The molecule has 0 aliphatic heterocycles. The van der Waals surface area contributed by atoms with E-state index in [1.165, 1.54) is 102 Å². The number of fused-ring (bicyclic) bond motifs is 21. The summed E-state index contributed by atoms with van der Waals surface area (Å²) in [5, 5.41) is 22.8. The van der Waals surface area contributed by atoms with Gasteiger partial charge in [-0.1, -0.05) is 212 Å². The number of nitrogens with zero attached hydrogens (tertiary/aromatic N) is 3. The minimum atomic E-state index is 0.816. The van der Waals surface area contributed by atoms with Gasteiger partial charge in [-0.05, 0) is 199 Å². The topological polar surface area (TPSA) is 51.4 Å². The Kier molecular flexibility index (Phi) is 12.6. The number of furan rings is 2. The lowest BCUT2D eigenvalue weighted by molar-refractivity contribution is 0.669. The van der Waals surface area contributed by atoms with Gasteiger partial charge < -0.3 is 28.2 Å². The number of nitrogens with one attached hydrogen (secondary N) is 1. The van der Waals surface area contributed by atoms with Gasteiger partial charge in [0.05, 0.1) is 43.8 Å². The predicted molar refractivity (Wildman–Crippen MR) is 436 cm³/mol. The summed E-state index contributed by atoms with van der Waals surface area (Å²) in [7, 11) is 0. The Balaban J connectivity index is 0.657. The standard InChI is InChI=1S/C96H58N4O2S/c1-3-19-64(20-4-1)98-84-31-13-9-25-71(84)80-53-60(42-51-86(80)98)58-37-44-63(45-38-58)97-83-50-49-67(93-76-28-12-16-36-91(76)102-95(83)93)62-41-48-70-68-23-7-8-24-69(68)79-57-92-82(56-78(79)77(70)55-62)75-30-18-34-89(96(75)103-92)100(88-33-17-29-74-73-27-11-15-35-90(73)101-94(74)88)66-46-39-59(40-47-66)61-43-52-87-81(54-61)72-26-10-14-32-85(72)99(87)65-21-5-2-6-22-65/h1-57,97H. The molecule has 480 valence electrons. The van der Waals surface area contributed by atoms with Crippen molar-refractivity contribution < 1.29 is 8.83 Å². The maximum Gasteiger partial charge on any atom is 0.159 e. The molecule has 22 aromatic rings. The number of aromatic nitrogens is 2. The van der Waals surface area contributed by atoms with Crippen LogP contribution >= 0.6 is 11.3 Å². The van der Waals surface area contributed by atoms with Gasteiger partial charge >= 0.3 is 0 Å². The molecule has 0 unspecified atom stereocenters. The van der Waals surface area contributed by atoms with Crippen molar-refractivity contribution in [2.45, 2.75) is 0 Å². The molecule has 6 nitrogen and oxygen atoms in total. The first kappa shape index (κ1) is 57.4. The Bertz CT molecular complexity index is 7260. The molecule has 0 amide bonds. The lowest BCUT2D eigenvalue weighted by atomic mass is 9.90. The normalized spacial score (nSPS) is 12.1. The van der Waals surface area contributed by atoms with E-state index in [0.717, 1.165) is 112 Å². The Morgan fingerprint density at radius 1 is 0.282 bits per heavy atom. The van der Waals surface area contributed by atoms with Crippen LogP contribution in [0.15, 0.2) is 355 Å². The molecule has 0 saturated carbocycles. The highest BCUT2D eigenvalue weighted by molar-refractivity contribution is 7.26. The maximum absolute atomic E-state index is 6.92. The SMILES string of the molecule is c1ccc(-n2c3ccccc3c3cc(-c4ccc(Nc5ccc(-c6ccc7c8ccccc8c8cc9sc%10c(N(c%11ccc(-c%12ccc%13c(c%12)c%12ccccc%12n%13-c%12ccccc%12)cc%11)c%11cccc%12c%11oc%11ccccc%11%12)cccc%10c9cc8c7c6)c6c5oc5ccccc56)cc4)ccc32)cc1. The third kappa shape index (κ3) is 8.86. The second-order valence-electron chi connectivity index (χ2n) is 27.1. The van der Waals surface area contributed by atoms with Crippen LogP contribution in [0.2, 0.25) is 0 Å². The van der Waals surface area contributed by atoms with Gasteiger partial charge in [0.1, 0.15) is 11.2 Å². The van der Waals surface area contributed by atoms with E-state index in [0.29, 0.717) is 0 Å². The largest absolute Gasteiger partial charge is 0.454 e. The number of benzene rings is 17. The Hall–Kier alpha value is -13.5. The summed E-state index contributed by atoms with van der Waals surface area (Å²) in [6.07, 6.45) is 0. The molecular weight excluding hydrogens is 1270 g/mol.